The summed E-state index contributed by atoms with van der Waals surface area (Å²) in [5, 5.41) is 19.7. The highest BCUT2D eigenvalue weighted by Crippen LogP contribution is 2.56. The quantitative estimate of drug-likeness (QED) is 0.534. The van der Waals surface area contributed by atoms with Crippen LogP contribution in [0.4, 0.5) is 5.69 Å². The molecule has 162 valence electrons. The molecule has 4 saturated carbocycles. The maximum absolute atomic E-state index is 12.0. The van der Waals surface area contributed by atoms with Gasteiger partial charge < -0.3 is 24.7 Å². The van der Waals surface area contributed by atoms with Crippen molar-refractivity contribution < 1.29 is 19.2 Å². The number of rotatable bonds is 5. The lowest BCUT2D eigenvalue weighted by Gasteiger charge is -2.58. The summed E-state index contributed by atoms with van der Waals surface area (Å²) in [6.07, 6.45) is 8.52. The van der Waals surface area contributed by atoms with Gasteiger partial charge in [-0.05, 0) is 62.8 Å². The molecule has 4 fully saturated rings. The lowest BCUT2D eigenvalue weighted by molar-refractivity contribution is -0.129. The summed E-state index contributed by atoms with van der Waals surface area (Å²) in [6, 6.07) is 2.25. The first-order chi connectivity index (χ1) is 15.0. The van der Waals surface area contributed by atoms with E-state index in [0.717, 1.165) is 48.8 Å². The highest BCUT2D eigenvalue weighted by atomic mass is 16.6. The normalized spacial score (nSPS) is 31.3. The maximum Gasteiger partial charge on any atom is 0.397 e. The summed E-state index contributed by atoms with van der Waals surface area (Å²) in [6.45, 7) is 1.96. The highest BCUT2D eigenvalue weighted by molar-refractivity contribution is 5.97. The fourth-order valence-corrected chi connectivity index (χ4v) is 6.33. The van der Waals surface area contributed by atoms with Crippen LogP contribution in [0.1, 0.15) is 49.7 Å². The van der Waals surface area contributed by atoms with Gasteiger partial charge in [0.25, 0.3) is 0 Å². The summed E-state index contributed by atoms with van der Waals surface area (Å²) in [7, 11) is 0. The molecule has 0 spiro atoms. The molecule has 4 bridgehead atoms. The Kier molecular flexibility index (Phi) is 4.11. The van der Waals surface area contributed by atoms with Crippen molar-refractivity contribution >= 4 is 22.7 Å². The second-order valence-corrected chi connectivity index (χ2v) is 9.29. The molecule has 0 aromatic carbocycles. The minimum Gasteiger partial charge on any atom is -0.459 e. The number of nitrogens with zero attached hydrogens (tertiary/aromatic N) is 3. The zero-order valence-electron chi connectivity index (χ0n) is 17.3. The van der Waals surface area contributed by atoms with Crippen molar-refractivity contribution in [2.45, 2.75) is 50.7 Å². The fourth-order valence-electron chi connectivity index (χ4n) is 6.33. The van der Waals surface area contributed by atoms with Crippen molar-refractivity contribution in [3.63, 3.8) is 0 Å². The average Bonchev–Trinajstić information content (AvgIpc) is 3.39. The predicted octanol–water partition coefficient (Wildman–Crippen LogP) is 3.14. The molecule has 0 amide bonds. The van der Waals surface area contributed by atoms with E-state index in [2.05, 4.69) is 25.4 Å². The molecule has 0 aliphatic heterocycles. The first-order valence-electron chi connectivity index (χ1n) is 11.0. The third-order valence-electron chi connectivity index (χ3n) is 7.26. The van der Waals surface area contributed by atoms with Crippen LogP contribution in [0.15, 0.2) is 23.0 Å². The second kappa shape index (κ2) is 6.78. The number of anilines is 1. The molecule has 3 N–H and O–H groups in total. The molecule has 3 aromatic heterocycles. The molecular weight excluding hydrogens is 398 g/mol. The van der Waals surface area contributed by atoms with Gasteiger partial charge in [0.1, 0.15) is 5.65 Å². The molecular formula is C22H25N5O4. The number of aliphatic hydroxyl groups is 1. The lowest BCUT2D eigenvalue weighted by atomic mass is 9.52. The number of hydrogen-bond donors (Lipinski definition) is 3. The van der Waals surface area contributed by atoms with Crippen LogP contribution in [0.5, 0.6) is 0 Å². The Morgan fingerprint density at radius 2 is 2.16 bits per heavy atom. The van der Waals surface area contributed by atoms with E-state index in [9.17, 15) is 9.90 Å². The SMILES string of the molecule is CCOC(=O)c1nc(-c2cnc3[nH]ccc3c2N[C@@H]2[C@@H]3CC4C[C@H]2C[C@@](O)(C4)C3)no1. The number of esters is 1. The molecule has 31 heavy (non-hydrogen) atoms. The Morgan fingerprint density at radius 1 is 1.35 bits per heavy atom. The van der Waals surface area contributed by atoms with Gasteiger partial charge in [-0.2, -0.15) is 4.98 Å². The van der Waals surface area contributed by atoms with Crippen molar-refractivity contribution in [2.24, 2.45) is 17.8 Å². The third-order valence-corrected chi connectivity index (χ3v) is 7.26. The molecule has 0 saturated heterocycles. The maximum atomic E-state index is 12.0. The van der Waals surface area contributed by atoms with Crippen LogP contribution in [0, 0.1) is 17.8 Å². The largest absolute Gasteiger partial charge is 0.459 e. The predicted molar refractivity (Wildman–Crippen MR) is 111 cm³/mol. The number of pyridine rings is 1. The van der Waals surface area contributed by atoms with Gasteiger partial charge in [-0.25, -0.2) is 9.78 Å². The van der Waals surface area contributed by atoms with Crippen LogP contribution in [0.25, 0.3) is 22.4 Å². The number of fused-ring (bicyclic) bond motifs is 1. The van der Waals surface area contributed by atoms with Gasteiger partial charge in [-0.15, -0.1) is 0 Å². The number of ether oxygens (including phenoxy) is 1. The Hall–Kier alpha value is -2.94. The van der Waals surface area contributed by atoms with Crippen molar-refractivity contribution in [1.29, 1.82) is 0 Å². The first-order valence-corrected chi connectivity index (χ1v) is 11.0. The first kappa shape index (κ1) is 18.8. The standard InChI is InChI=1S/C22H25N5O4/c1-2-30-21(28)20-26-19(27-31-20)15-10-24-18-14(3-4-23-18)17(15)25-16-12-5-11-6-13(16)9-22(29,7-11)8-12/h3-4,10-13,16,29H,2,5-9H2,1H3,(H2,23,24,25)/t11?,12-,13+,16-,22-. The lowest BCUT2D eigenvalue weighted by Crippen LogP contribution is -2.59. The Bertz CT molecular complexity index is 1140. The topological polar surface area (TPSA) is 126 Å². The van der Waals surface area contributed by atoms with E-state index in [0.29, 0.717) is 29.1 Å². The summed E-state index contributed by atoms with van der Waals surface area (Å²) in [5.74, 6) is 0.991. The molecule has 9 heteroatoms. The van der Waals surface area contributed by atoms with Crippen molar-refractivity contribution in [3.05, 3.63) is 24.4 Å². The molecule has 5 atom stereocenters. The number of carbonyl (C=O) groups is 1. The highest BCUT2D eigenvalue weighted by Gasteiger charge is 2.54. The summed E-state index contributed by atoms with van der Waals surface area (Å²) in [5.41, 5.74) is 1.84. The molecule has 3 aromatic rings. The van der Waals surface area contributed by atoms with E-state index in [4.69, 9.17) is 9.26 Å². The van der Waals surface area contributed by atoms with Crippen LogP contribution in [0.2, 0.25) is 0 Å². The third kappa shape index (κ3) is 3.02. The number of aromatic nitrogens is 4. The van der Waals surface area contributed by atoms with Crippen LogP contribution in [0.3, 0.4) is 0 Å². The Morgan fingerprint density at radius 3 is 2.90 bits per heavy atom. The monoisotopic (exact) mass is 423 g/mol. The molecule has 9 nitrogen and oxygen atoms in total. The number of hydrogen-bond acceptors (Lipinski definition) is 8. The van der Waals surface area contributed by atoms with Gasteiger partial charge >= 0.3 is 11.9 Å². The Labute approximate surface area is 178 Å². The number of nitrogens with one attached hydrogen (secondary N) is 2. The zero-order chi connectivity index (χ0) is 21.2. The average molecular weight is 423 g/mol. The molecule has 1 unspecified atom stereocenters. The van der Waals surface area contributed by atoms with E-state index in [1.165, 1.54) is 0 Å². The van der Waals surface area contributed by atoms with Crippen LogP contribution in [-0.2, 0) is 4.74 Å². The minimum absolute atomic E-state index is 0.172. The Balaban J connectivity index is 1.38. The van der Waals surface area contributed by atoms with E-state index >= 15 is 0 Å². The van der Waals surface area contributed by atoms with E-state index in [1.54, 1.807) is 13.1 Å². The zero-order valence-corrected chi connectivity index (χ0v) is 17.3. The smallest absolute Gasteiger partial charge is 0.397 e. The molecule has 3 heterocycles. The summed E-state index contributed by atoms with van der Waals surface area (Å²) in [4.78, 5) is 23.9. The van der Waals surface area contributed by atoms with E-state index in [1.807, 2.05) is 12.3 Å². The van der Waals surface area contributed by atoms with Crippen molar-refractivity contribution in [3.8, 4) is 11.4 Å². The van der Waals surface area contributed by atoms with Crippen molar-refractivity contribution in [2.75, 3.05) is 11.9 Å². The van der Waals surface area contributed by atoms with E-state index < -0.39 is 11.6 Å². The fraction of sp³-hybridized carbons (Fsp3) is 0.545. The number of aromatic amines is 1. The molecule has 0 radical (unpaired) electrons. The van der Waals surface area contributed by atoms with Gasteiger partial charge in [0, 0.05) is 23.8 Å². The van der Waals surface area contributed by atoms with Gasteiger partial charge in [-0.1, -0.05) is 5.16 Å². The van der Waals surface area contributed by atoms with Crippen LogP contribution in [-0.4, -0.2) is 49.4 Å². The van der Waals surface area contributed by atoms with Crippen LogP contribution >= 0.6 is 0 Å². The van der Waals surface area contributed by atoms with Crippen molar-refractivity contribution in [1.82, 2.24) is 20.1 Å². The molecule has 4 aliphatic rings. The van der Waals surface area contributed by atoms with Gasteiger partial charge in [-0.3, -0.25) is 0 Å². The summed E-state index contributed by atoms with van der Waals surface area (Å²) >= 11 is 0. The second-order valence-electron chi connectivity index (χ2n) is 9.29. The number of H-pyrrole nitrogens is 1. The van der Waals surface area contributed by atoms with Crippen LogP contribution < -0.4 is 5.32 Å². The van der Waals surface area contributed by atoms with Gasteiger partial charge in [0.2, 0.25) is 5.82 Å². The summed E-state index contributed by atoms with van der Waals surface area (Å²) < 4.78 is 10.1. The van der Waals surface area contributed by atoms with Gasteiger partial charge in [0.05, 0.1) is 23.5 Å². The number of carbonyl (C=O) groups excluding carboxylic acids is 1. The van der Waals surface area contributed by atoms with Gasteiger partial charge in [0.15, 0.2) is 0 Å². The molecule has 4 aliphatic carbocycles. The minimum atomic E-state index is -0.638. The van der Waals surface area contributed by atoms with E-state index in [-0.39, 0.29) is 18.5 Å². The molecule has 7 rings (SSSR count).